The summed E-state index contributed by atoms with van der Waals surface area (Å²) in [6, 6.07) is 7.26. The van der Waals surface area contributed by atoms with E-state index >= 15 is 0 Å². The number of hydrogen-bond acceptors (Lipinski definition) is 5. The summed E-state index contributed by atoms with van der Waals surface area (Å²) in [5.74, 6) is 2.53. The highest BCUT2D eigenvalue weighted by molar-refractivity contribution is 5.94. The standard InChI is InChI=1S/C22H28N4O3/c1-4-5-10-22(24-25-22)11-12-23-21(28)19-8-6-18(7-9-19)13-20(27)26-14-17(3)29-15-16(26)2/h1,6-9,16-17H,5,10-15H2,2-3H3,(H,23,28). The monoisotopic (exact) mass is 396 g/mol. The van der Waals surface area contributed by atoms with E-state index in [1.807, 2.05) is 30.9 Å². The van der Waals surface area contributed by atoms with E-state index in [0.29, 0.717) is 44.5 Å². The first-order valence-corrected chi connectivity index (χ1v) is 10.1. The summed E-state index contributed by atoms with van der Waals surface area (Å²) in [7, 11) is 0. The highest BCUT2D eigenvalue weighted by Crippen LogP contribution is 2.36. The molecule has 1 saturated heterocycles. The Balaban J connectivity index is 1.46. The van der Waals surface area contributed by atoms with Gasteiger partial charge in [0.2, 0.25) is 5.91 Å². The maximum absolute atomic E-state index is 12.6. The first-order valence-electron chi connectivity index (χ1n) is 10.1. The number of nitrogens with zero attached hydrogens (tertiary/aromatic N) is 3. The van der Waals surface area contributed by atoms with Crippen molar-refractivity contribution in [3.05, 3.63) is 35.4 Å². The lowest BCUT2D eigenvalue weighted by atomic mass is 10.0. The van der Waals surface area contributed by atoms with Crippen LogP contribution in [-0.2, 0) is 16.0 Å². The molecule has 0 bridgehead atoms. The number of rotatable bonds is 8. The quantitative estimate of drug-likeness (QED) is 0.686. The molecular weight excluding hydrogens is 368 g/mol. The van der Waals surface area contributed by atoms with Crippen LogP contribution in [-0.4, -0.2) is 54.2 Å². The Hall–Kier alpha value is -2.72. The highest BCUT2D eigenvalue weighted by Gasteiger charge is 2.38. The van der Waals surface area contributed by atoms with Gasteiger partial charge < -0.3 is 15.0 Å². The third kappa shape index (κ3) is 5.64. The minimum atomic E-state index is -0.391. The molecule has 2 amide bonds. The second kappa shape index (κ2) is 9.19. The van der Waals surface area contributed by atoms with Gasteiger partial charge in [0.1, 0.15) is 0 Å². The van der Waals surface area contributed by atoms with Gasteiger partial charge in [-0.1, -0.05) is 12.1 Å². The van der Waals surface area contributed by atoms with Crippen molar-refractivity contribution in [1.29, 1.82) is 0 Å². The van der Waals surface area contributed by atoms with Crippen LogP contribution < -0.4 is 5.32 Å². The molecule has 29 heavy (non-hydrogen) atoms. The molecule has 7 nitrogen and oxygen atoms in total. The van der Waals surface area contributed by atoms with Crippen LogP contribution in [0.5, 0.6) is 0 Å². The van der Waals surface area contributed by atoms with Crippen molar-refractivity contribution in [3.8, 4) is 12.3 Å². The zero-order valence-electron chi connectivity index (χ0n) is 17.1. The minimum Gasteiger partial charge on any atom is -0.375 e. The molecule has 2 atom stereocenters. The van der Waals surface area contributed by atoms with Crippen LogP contribution in [0.2, 0.25) is 0 Å². The SMILES string of the molecule is C#CCCC1(CCNC(=O)c2ccc(CC(=O)N3CC(C)OCC3C)cc2)N=N1. The van der Waals surface area contributed by atoms with Crippen LogP contribution >= 0.6 is 0 Å². The van der Waals surface area contributed by atoms with E-state index in [1.54, 1.807) is 12.1 Å². The second-order valence-corrected chi connectivity index (χ2v) is 7.81. The molecule has 7 heteroatoms. The molecule has 2 heterocycles. The molecule has 3 rings (SSSR count). The highest BCUT2D eigenvalue weighted by atomic mass is 16.5. The molecule has 1 aromatic rings. The summed E-state index contributed by atoms with van der Waals surface area (Å²) < 4.78 is 5.58. The summed E-state index contributed by atoms with van der Waals surface area (Å²) in [5.41, 5.74) is 1.07. The van der Waals surface area contributed by atoms with Gasteiger partial charge in [-0.3, -0.25) is 9.59 Å². The fourth-order valence-electron chi connectivity index (χ4n) is 3.45. The van der Waals surface area contributed by atoms with Crippen LogP contribution in [0.1, 0.15) is 49.0 Å². The van der Waals surface area contributed by atoms with Gasteiger partial charge in [0.25, 0.3) is 5.91 Å². The summed E-state index contributed by atoms with van der Waals surface area (Å²) in [5, 5.41) is 11.0. The molecule has 0 aromatic heterocycles. The largest absolute Gasteiger partial charge is 0.375 e. The molecule has 0 aliphatic carbocycles. The van der Waals surface area contributed by atoms with Gasteiger partial charge in [-0.15, -0.1) is 12.3 Å². The topological polar surface area (TPSA) is 83.4 Å². The number of carbonyl (C=O) groups excluding carboxylic acids is 2. The fourth-order valence-corrected chi connectivity index (χ4v) is 3.45. The third-order valence-electron chi connectivity index (χ3n) is 5.36. The van der Waals surface area contributed by atoms with Gasteiger partial charge in [-0.05, 0) is 31.5 Å². The lowest BCUT2D eigenvalue weighted by Crippen LogP contribution is -2.50. The number of terminal acetylenes is 1. The number of benzene rings is 1. The van der Waals surface area contributed by atoms with Crippen LogP contribution in [0.3, 0.4) is 0 Å². The Kier molecular flexibility index (Phi) is 6.65. The predicted octanol–water partition coefficient (Wildman–Crippen LogP) is 2.56. The number of hydrogen-bond donors (Lipinski definition) is 1. The molecule has 0 saturated carbocycles. The van der Waals surface area contributed by atoms with Gasteiger partial charge in [0.15, 0.2) is 5.66 Å². The Bertz CT molecular complexity index is 806. The van der Waals surface area contributed by atoms with Crippen LogP contribution in [0.15, 0.2) is 34.5 Å². The van der Waals surface area contributed by atoms with Gasteiger partial charge >= 0.3 is 0 Å². The molecule has 1 fully saturated rings. The lowest BCUT2D eigenvalue weighted by Gasteiger charge is -2.36. The fraction of sp³-hybridized carbons (Fsp3) is 0.545. The average Bonchev–Trinajstić information content (AvgIpc) is 3.48. The molecule has 1 N–H and O–H groups in total. The van der Waals surface area contributed by atoms with Crippen molar-refractivity contribution in [3.63, 3.8) is 0 Å². The summed E-state index contributed by atoms with van der Waals surface area (Å²) in [6.45, 7) is 5.64. The predicted molar refractivity (Wildman–Crippen MR) is 109 cm³/mol. The van der Waals surface area contributed by atoms with Crippen molar-refractivity contribution in [1.82, 2.24) is 10.2 Å². The van der Waals surface area contributed by atoms with Crippen LogP contribution in [0.25, 0.3) is 0 Å². The maximum atomic E-state index is 12.6. The van der Waals surface area contributed by atoms with Crippen molar-refractivity contribution < 1.29 is 14.3 Å². The molecule has 2 aliphatic heterocycles. The Morgan fingerprint density at radius 2 is 2.00 bits per heavy atom. The average molecular weight is 396 g/mol. The number of ether oxygens (including phenoxy) is 1. The summed E-state index contributed by atoms with van der Waals surface area (Å²) >= 11 is 0. The molecule has 154 valence electrons. The number of nitrogens with one attached hydrogen (secondary N) is 1. The zero-order chi connectivity index (χ0) is 20.9. The molecule has 2 aliphatic rings. The van der Waals surface area contributed by atoms with Crippen molar-refractivity contribution in [2.45, 2.75) is 57.3 Å². The van der Waals surface area contributed by atoms with Crippen molar-refractivity contribution in [2.24, 2.45) is 10.2 Å². The van der Waals surface area contributed by atoms with E-state index in [4.69, 9.17) is 11.2 Å². The smallest absolute Gasteiger partial charge is 0.251 e. The Labute approximate surface area is 171 Å². The first-order chi connectivity index (χ1) is 13.9. The lowest BCUT2D eigenvalue weighted by molar-refractivity contribution is -0.142. The molecule has 1 aromatic carbocycles. The van der Waals surface area contributed by atoms with E-state index in [-0.39, 0.29) is 24.0 Å². The summed E-state index contributed by atoms with van der Waals surface area (Å²) in [6.07, 6.45) is 7.67. The van der Waals surface area contributed by atoms with E-state index in [9.17, 15) is 9.59 Å². The molecule has 0 spiro atoms. The normalized spacial score (nSPS) is 22.0. The van der Waals surface area contributed by atoms with Gasteiger partial charge in [0, 0.05) is 37.9 Å². The number of morpholine rings is 1. The first kappa shape index (κ1) is 21.0. The van der Waals surface area contributed by atoms with E-state index in [1.165, 1.54) is 0 Å². The Morgan fingerprint density at radius 3 is 2.66 bits per heavy atom. The third-order valence-corrected chi connectivity index (χ3v) is 5.36. The van der Waals surface area contributed by atoms with E-state index in [2.05, 4.69) is 21.5 Å². The van der Waals surface area contributed by atoms with Crippen LogP contribution in [0, 0.1) is 12.3 Å². The maximum Gasteiger partial charge on any atom is 0.251 e. The van der Waals surface area contributed by atoms with Crippen molar-refractivity contribution in [2.75, 3.05) is 19.7 Å². The van der Waals surface area contributed by atoms with Crippen molar-refractivity contribution >= 4 is 11.8 Å². The van der Waals surface area contributed by atoms with Crippen LogP contribution in [0.4, 0.5) is 0 Å². The van der Waals surface area contributed by atoms with Gasteiger partial charge in [-0.25, -0.2) is 0 Å². The van der Waals surface area contributed by atoms with Gasteiger partial charge in [0.05, 0.1) is 25.2 Å². The molecular formula is C22H28N4O3. The Morgan fingerprint density at radius 1 is 1.28 bits per heavy atom. The molecule has 0 radical (unpaired) electrons. The molecule has 2 unspecified atom stereocenters. The summed E-state index contributed by atoms with van der Waals surface area (Å²) in [4.78, 5) is 26.8. The van der Waals surface area contributed by atoms with E-state index < -0.39 is 5.66 Å². The number of amides is 2. The zero-order valence-corrected chi connectivity index (χ0v) is 17.1. The number of carbonyl (C=O) groups is 2. The minimum absolute atomic E-state index is 0.0585. The van der Waals surface area contributed by atoms with Gasteiger partial charge in [-0.2, -0.15) is 10.2 Å². The van der Waals surface area contributed by atoms with E-state index in [0.717, 1.165) is 12.0 Å². The second-order valence-electron chi connectivity index (χ2n) is 7.81.